The molecule has 1 fully saturated rings. The molecule has 3 heteroatoms. The lowest BCUT2D eigenvalue weighted by molar-refractivity contribution is 0.000749. The molecule has 0 spiro atoms. The van der Waals surface area contributed by atoms with Crippen molar-refractivity contribution >= 4 is 21.7 Å². The van der Waals surface area contributed by atoms with E-state index in [2.05, 4.69) is 22.9 Å². The van der Waals surface area contributed by atoms with Gasteiger partial charge in [-0.25, -0.2) is 0 Å². The van der Waals surface area contributed by atoms with Crippen molar-refractivity contribution in [2.75, 3.05) is 6.61 Å². The molecule has 1 saturated carbocycles. The van der Waals surface area contributed by atoms with Crippen LogP contribution >= 0.6 is 15.9 Å². The van der Waals surface area contributed by atoms with Crippen LogP contribution in [0.5, 0.6) is 0 Å². The molecule has 0 heterocycles. The van der Waals surface area contributed by atoms with E-state index in [1.807, 2.05) is 24.3 Å². The third kappa shape index (κ3) is 3.66. The summed E-state index contributed by atoms with van der Waals surface area (Å²) >= 11 is 3.36. The first-order valence-electron chi connectivity index (χ1n) is 6.57. The zero-order valence-corrected chi connectivity index (χ0v) is 12.3. The second-order valence-electron chi connectivity index (χ2n) is 5.04. The molecule has 1 aliphatic carbocycles. The molecule has 2 nitrogen and oxygen atoms in total. The molecule has 0 bridgehead atoms. The normalized spacial score (nSPS) is 23.9. The molecule has 18 heavy (non-hydrogen) atoms. The predicted molar refractivity (Wildman–Crippen MR) is 75.8 cm³/mol. The third-order valence-electron chi connectivity index (χ3n) is 3.63. The monoisotopic (exact) mass is 310 g/mol. The first-order chi connectivity index (χ1) is 8.66. The lowest BCUT2D eigenvalue weighted by Crippen LogP contribution is -2.27. The van der Waals surface area contributed by atoms with Crippen LogP contribution in [0.1, 0.15) is 43.0 Å². The Morgan fingerprint density at radius 3 is 2.61 bits per heavy atom. The van der Waals surface area contributed by atoms with E-state index in [4.69, 9.17) is 4.74 Å². The van der Waals surface area contributed by atoms with Crippen LogP contribution in [0.25, 0.3) is 0 Å². The van der Waals surface area contributed by atoms with Gasteiger partial charge < -0.3 is 4.74 Å². The van der Waals surface area contributed by atoms with Gasteiger partial charge in [-0.05, 0) is 30.9 Å². The summed E-state index contributed by atoms with van der Waals surface area (Å²) in [5.74, 6) is 0.650. The first kappa shape index (κ1) is 13.8. The Kier molecular flexibility index (Phi) is 4.95. The van der Waals surface area contributed by atoms with Gasteiger partial charge in [0, 0.05) is 10.0 Å². The number of benzene rings is 1. The zero-order valence-electron chi connectivity index (χ0n) is 10.7. The van der Waals surface area contributed by atoms with Crippen LogP contribution in [0.2, 0.25) is 0 Å². The number of hydrogen-bond acceptors (Lipinski definition) is 2. The van der Waals surface area contributed by atoms with E-state index in [1.54, 1.807) is 0 Å². The number of ketones is 1. The SMILES string of the molecule is CC1CCCCC1OCC(=O)c1ccc(Br)cc1. The number of halogens is 1. The largest absolute Gasteiger partial charge is 0.370 e. The molecule has 1 aliphatic rings. The number of ether oxygens (including phenoxy) is 1. The minimum atomic E-state index is 0.0697. The Morgan fingerprint density at radius 1 is 1.28 bits per heavy atom. The van der Waals surface area contributed by atoms with Crippen LogP contribution in [-0.4, -0.2) is 18.5 Å². The van der Waals surface area contributed by atoms with Gasteiger partial charge in [0.2, 0.25) is 0 Å². The van der Waals surface area contributed by atoms with Gasteiger partial charge in [0.1, 0.15) is 6.61 Å². The van der Waals surface area contributed by atoms with Crippen LogP contribution < -0.4 is 0 Å². The second kappa shape index (κ2) is 6.48. The van der Waals surface area contributed by atoms with Crippen molar-refractivity contribution in [2.45, 2.75) is 38.7 Å². The number of hydrogen-bond donors (Lipinski definition) is 0. The van der Waals surface area contributed by atoms with Gasteiger partial charge in [-0.15, -0.1) is 0 Å². The van der Waals surface area contributed by atoms with Gasteiger partial charge in [0.25, 0.3) is 0 Å². The molecular weight excluding hydrogens is 292 g/mol. The van der Waals surface area contributed by atoms with Crippen molar-refractivity contribution in [1.82, 2.24) is 0 Å². The molecule has 1 aromatic rings. The van der Waals surface area contributed by atoms with Crippen LogP contribution in [0.15, 0.2) is 28.7 Å². The molecule has 0 radical (unpaired) electrons. The van der Waals surface area contributed by atoms with Gasteiger partial charge in [0.15, 0.2) is 5.78 Å². The molecule has 2 rings (SSSR count). The molecule has 98 valence electrons. The minimum absolute atomic E-state index is 0.0697. The molecule has 2 unspecified atom stereocenters. The number of rotatable bonds is 4. The maximum absolute atomic E-state index is 12.0. The van der Waals surface area contributed by atoms with Crippen LogP contribution in [0.3, 0.4) is 0 Å². The number of Topliss-reactive ketones (excluding diaryl/α,β-unsaturated/α-hetero) is 1. The van der Waals surface area contributed by atoms with E-state index in [0.717, 1.165) is 16.5 Å². The van der Waals surface area contributed by atoms with E-state index in [0.29, 0.717) is 5.92 Å². The van der Waals surface area contributed by atoms with Crippen molar-refractivity contribution in [3.63, 3.8) is 0 Å². The molecular formula is C15H19BrO2. The molecule has 1 aromatic carbocycles. The summed E-state index contributed by atoms with van der Waals surface area (Å²) in [5, 5.41) is 0. The van der Waals surface area contributed by atoms with Gasteiger partial charge in [-0.3, -0.25) is 4.79 Å². The third-order valence-corrected chi connectivity index (χ3v) is 4.16. The summed E-state index contributed by atoms with van der Waals surface area (Å²) in [5.41, 5.74) is 0.724. The highest BCUT2D eigenvalue weighted by Gasteiger charge is 2.22. The van der Waals surface area contributed by atoms with E-state index < -0.39 is 0 Å². The van der Waals surface area contributed by atoms with Gasteiger partial charge in [-0.2, -0.15) is 0 Å². The maximum atomic E-state index is 12.0. The fourth-order valence-electron chi connectivity index (χ4n) is 2.43. The fourth-order valence-corrected chi connectivity index (χ4v) is 2.70. The van der Waals surface area contributed by atoms with E-state index >= 15 is 0 Å². The molecule has 0 aliphatic heterocycles. The maximum Gasteiger partial charge on any atom is 0.188 e. The predicted octanol–water partition coefficient (Wildman–Crippen LogP) is 4.23. The Hall–Kier alpha value is -0.670. The summed E-state index contributed by atoms with van der Waals surface area (Å²) in [7, 11) is 0. The summed E-state index contributed by atoms with van der Waals surface area (Å²) < 4.78 is 6.77. The van der Waals surface area contributed by atoms with Gasteiger partial charge in [0.05, 0.1) is 6.10 Å². The van der Waals surface area contributed by atoms with Crippen LogP contribution in [0, 0.1) is 5.92 Å². The summed E-state index contributed by atoms with van der Waals surface area (Å²) in [6.07, 6.45) is 5.09. The summed E-state index contributed by atoms with van der Waals surface area (Å²) in [4.78, 5) is 12.0. The number of carbonyl (C=O) groups is 1. The standard InChI is InChI=1S/C15H19BrO2/c1-11-4-2-3-5-15(11)18-10-14(17)12-6-8-13(16)9-7-12/h6-9,11,15H,2-5,10H2,1H3. The highest BCUT2D eigenvalue weighted by atomic mass is 79.9. The van der Waals surface area contributed by atoms with Gasteiger partial charge >= 0.3 is 0 Å². The lowest BCUT2D eigenvalue weighted by atomic mass is 9.88. The van der Waals surface area contributed by atoms with E-state index in [9.17, 15) is 4.79 Å². The lowest BCUT2D eigenvalue weighted by Gasteiger charge is -2.28. The smallest absolute Gasteiger partial charge is 0.188 e. The van der Waals surface area contributed by atoms with E-state index in [1.165, 1.54) is 19.3 Å². The Labute approximate surface area is 117 Å². The van der Waals surface area contributed by atoms with Crippen molar-refractivity contribution in [3.8, 4) is 0 Å². The molecule has 0 N–H and O–H groups in total. The van der Waals surface area contributed by atoms with Gasteiger partial charge in [-0.1, -0.05) is 47.8 Å². The Bertz CT molecular complexity index is 399. The Balaban J connectivity index is 1.86. The molecule has 0 amide bonds. The average molecular weight is 311 g/mol. The van der Waals surface area contributed by atoms with E-state index in [-0.39, 0.29) is 18.5 Å². The fraction of sp³-hybridized carbons (Fsp3) is 0.533. The first-order valence-corrected chi connectivity index (χ1v) is 7.36. The average Bonchev–Trinajstić information content (AvgIpc) is 2.38. The highest BCUT2D eigenvalue weighted by molar-refractivity contribution is 9.10. The van der Waals surface area contributed by atoms with Crippen LogP contribution in [0.4, 0.5) is 0 Å². The zero-order chi connectivity index (χ0) is 13.0. The van der Waals surface area contributed by atoms with Crippen molar-refractivity contribution < 1.29 is 9.53 Å². The minimum Gasteiger partial charge on any atom is -0.370 e. The molecule has 0 aromatic heterocycles. The van der Waals surface area contributed by atoms with Crippen LogP contribution in [-0.2, 0) is 4.74 Å². The number of carbonyl (C=O) groups excluding carboxylic acids is 1. The summed E-state index contributed by atoms with van der Waals surface area (Å²) in [6.45, 7) is 2.42. The van der Waals surface area contributed by atoms with Crippen molar-refractivity contribution in [1.29, 1.82) is 0 Å². The Morgan fingerprint density at radius 2 is 1.94 bits per heavy atom. The molecule has 0 saturated heterocycles. The summed E-state index contributed by atoms with van der Waals surface area (Å²) in [6, 6.07) is 7.44. The topological polar surface area (TPSA) is 26.3 Å². The molecule has 2 atom stereocenters. The van der Waals surface area contributed by atoms with Crippen molar-refractivity contribution in [2.24, 2.45) is 5.92 Å². The highest BCUT2D eigenvalue weighted by Crippen LogP contribution is 2.26. The van der Waals surface area contributed by atoms with Crippen molar-refractivity contribution in [3.05, 3.63) is 34.3 Å². The second-order valence-corrected chi connectivity index (χ2v) is 5.96. The quantitative estimate of drug-likeness (QED) is 0.778.